The third-order valence-corrected chi connectivity index (χ3v) is 1.28. The molecule has 0 saturated carbocycles. The summed E-state index contributed by atoms with van der Waals surface area (Å²) in [7, 11) is 1.68. The molecule has 2 heteroatoms. The number of allylic oxidation sites excluding steroid dienone is 4. The maximum Gasteiger partial charge on any atom is 0.110 e. The van der Waals surface area contributed by atoms with Crippen molar-refractivity contribution in [3.05, 3.63) is 36.5 Å². The lowest BCUT2D eigenvalue weighted by Crippen LogP contribution is -1.94. The van der Waals surface area contributed by atoms with Gasteiger partial charge in [-0.15, -0.1) is 0 Å². The highest BCUT2D eigenvalue weighted by molar-refractivity contribution is 6.10. The van der Waals surface area contributed by atoms with Gasteiger partial charge >= 0.3 is 0 Å². The van der Waals surface area contributed by atoms with Gasteiger partial charge in [-0.25, -0.2) is 4.99 Å². The quantitative estimate of drug-likeness (QED) is 0.357. The first kappa shape index (κ1) is 11.6. The number of nitrogens with zero attached hydrogens (tertiary/aromatic N) is 2. The van der Waals surface area contributed by atoms with Crippen LogP contribution in [-0.2, 0) is 0 Å². The molecular weight excluding hydrogens is 160 g/mol. The predicted octanol–water partition coefficient (Wildman–Crippen LogP) is 2.79. The van der Waals surface area contributed by atoms with E-state index in [0.717, 1.165) is 16.9 Å². The average molecular weight is 176 g/mol. The Morgan fingerprint density at radius 2 is 1.77 bits per heavy atom. The molecule has 0 spiro atoms. The molecule has 0 atom stereocenters. The fourth-order valence-corrected chi connectivity index (χ4v) is 0.637. The van der Waals surface area contributed by atoms with Gasteiger partial charge in [0.15, 0.2) is 0 Å². The highest BCUT2D eigenvalue weighted by Gasteiger charge is 1.92. The summed E-state index contributed by atoms with van der Waals surface area (Å²) in [5.41, 5.74) is 2.73. The first-order valence-corrected chi connectivity index (χ1v) is 4.06. The Balaban J connectivity index is 4.63. The molecular formula is C11H16N2. The fourth-order valence-electron chi connectivity index (χ4n) is 0.637. The van der Waals surface area contributed by atoms with Crippen LogP contribution in [0.5, 0.6) is 0 Å². The Hall–Kier alpha value is -1.44. The van der Waals surface area contributed by atoms with Crippen LogP contribution in [0.15, 0.2) is 46.4 Å². The van der Waals surface area contributed by atoms with Crippen molar-refractivity contribution >= 4 is 12.1 Å². The van der Waals surface area contributed by atoms with Crippen LogP contribution in [0.25, 0.3) is 0 Å². The summed E-state index contributed by atoms with van der Waals surface area (Å²) in [6.45, 7) is 11.4. The van der Waals surface area contributed by atoms with Crippen LogP contribution in [0.4, 0.5) is 0 Å². The smallest absolute Gasteiger partial charge is 0.110 e. The molecule has 13 heavy (non-hydrogen) atoms. The van der Waals surface area contributed by atoms with Crippen LogP contribution >= 0.6 is 0 Å². The van der Waals surface area contributed by atoms with Gasteiger partial charge in [-0.2, -0.15) is 0 Å². The van der Waals surface area contributed by atoms with Crippen molar-refractivity contribution < 1.29 is 0 Å². The van der Waals surface area contributed by atoms with Crippen molar-refractivity contribution in [3.8, 4) is 0 Å². The van der Waals surface area contributed by atoms with Crippen LogP contribution in [0.3, 0.4) is 0 Å². The monoisotopic (exact) mass is 176 g/mol. The molecule has 0 saturated heterocycles. The van der Waals surface area contributed by atoms with E-state index in [0.29, 0.717) is 0 Å². The van der Waals surface area contributed by atoms with Gasteiger partial charge in [-0.05, 0) is 25.5 Å². The zero-order valence-corrected chi connectivity index (χ0v) is 8.54. The van der Waals surface area contributed by atoms with Crippen LogP contribution in [0, 0.1) is 0 Å². The van der Waals surface area contributed by atoms with Crippen molar-refractivity contribution in [1.82, 2.24) is 0 Å². The molecule has 0 heterocycles. The number of hydrogen-bond acceptors (Lipinski definition) is 1. The minimum atomic E-state index is 0.827. The Bertz CT molecular complexity index is 280. The van der Waals surface area contributed by atoms with E-state index >= 15 is 0 Å². The molecule has 0 aromatic rings. The van der Waals surface area contributed by atoms with Crippen molar-refractivity contribution in [2.75, 3.05) is 7.05 Å². The van der Waals surface area contributed by atoms with E-state index in [2.05, 4.69) is 23.1 Å². The van der Waals surface area contributed by atoms with Crippen LogP contribution in [-0.4, -0.2) is 19.1 Å². The molecule has 0 aliphatic carbocycles. The number of hydrogen-bond donors (Lipinski definition) is 0. The molecule has 0 amide bonds. The topological polar surface area (TPSA) is 24.7 Å². The zero-order chi connectivity index (χ0) is 10.3. The first-order valence-electron chi connectivity index (χ1n) is 4.06. The van der Waals surface area contributed by atoms with Crippen LogP contribution < -0.4 is 0 Å². The predicted molar refractivity (Wildman–Crippen MR) is 60.6 cm³/mol. The fraction of sp³-hybridized carbons (Fsp3) is 0.273. The summed E-state index contributed by atoms with van der Waals surface area (Å²) in [6.07, 6.45) is 5.29. The van der Waals surface area contributed by atoms with E-state index in [1.165, 1.54) is 6.34 Å². The maximum atomic E-state index is 4.11. The third-order valence-electron chi connectivity index (χ3n) is 1.28. The molecule has 0 aromatic carbocycles. The van der Waals surface area contributed by atoms with Crippen LogP contribution in [0.2, 0.25) is 0 Å². The van der Waals surface area contributed by atoms with E-state index in [1.807, 2.05) is 26.0 Å². The highest BCUT2D eigenvalue weighted by atomic mass is 14.8. The lowest BCUT2D eigenvalue weighted by molar-refractivity contribution is 1.44. The molecule has 0 aromatic heterocycles. The Morgan fingerprint density at radius 1 is 1.15 bits per heavy atom. The van der Waals surface area contributed by atoms with Gasteiger partial charge < -0.3 is 0 Å². The molecule has 0 rings (SSSR count). The molecule has 0 fully saturated rings. The lowest BCUT2D eigenvalue weighted by Gasteiger charge is -1.96. The summed E-state index contributed by atoms with van der Waals surface area (Å²) in [5.74, 6) is 0. The van der Waals surface area contributed by atoms with Crippen molar-refractivity contribution in [2.45, 2.75) is 13.8 Å². The van der Waals surface area contributed by atoms with E-state index in [9.17, 15) is 0 Å². The first-order chi connectivity index (χ1) is 6.07. The van der Waals surface area contributed by atoms with E-state index in [-0.39, 0.29) is 0 Å². The summed E-state index contributed by atoms with van der Waals surface area (Å²) in [6, 6.07) is 0. The summed E-state index contributed by atoms with van der Waals surface area (Å²) in [5, 5.41) is 0. The zero-order valence-electron chi connectivity index (χ0n) is 8.54. The average Bonchev–Trinajstić information content (AvgIpc) is 2.03. The lowest BCUT2D eigenvalue weighted by atomic mass is 10.2. The van der Waals surface area contributed by atoms with Gasteiger partial charge in [-0.1, -0.05) is 24.8 Å². The minimum Gasteiger partial charge on any atom is -0.277 e. The number of aliphatic imine (C=N–C) groups is 2. The third kappa shape index (κ3) is 5.79. The summed E-state index contributed by atoms with van der Waals surface area (Å²) < 4.78 is 0. The Labute approximate surface area is 80.1 Å². The largest absolute Gasteiger partial charge is 0.277 e. The highest BCUT2D eigenvalue weighted by Crippen LogP contribution is 1.98. The van der Waals surface area contributed by atoms with Crippen molar-refractivity contribution in [2.24, 2.45) is 9.98 Å². The Kier molecular flexibility index (Phi) is 5.44. The Morgan fingerprint density at radius 3 is 2.15 bits per heavy atom. The molecule has 0 aliphatic rings. The molecule has 0 aliphatic heterocycles. The molecule has 0 radical (unpaired) electrons. The van der Waals surface area contributed by atoms with Crippen molar-refractivity contribution in [3.63, 3.8) is 0 Å². The summed E-state index contributed by atoms with van der Waals surface area (Å²) in [4.78, 5) is 7.89. The van der Waals surface area contributed by atoms with E-state index in [1.54, 1.807) is 7.05 Å². The van der Waals surface area contributed by atoms with Gasteiger partial charge in [0.05, 0.1) is 5.71 Å². The van der Waals surface area contributed by atoms with E-state index in [4.69, 9.17) is 0 Å². The van der Waals surface area contributed by atoms with Gasteiger partial charge in [-0.3, -0.25) is 4.99 Å². The molecule has 70 valence electrons. The van der Waals surface area contributed by atoms with Gasteiger partial charge in [0.2, 0.25) is 0 Å². The normalized spacial score (nSPS) is 12.7. The van der Waals surface area contributed by atoms with Gasteiger partial charge in [0.1, 0.15) is 6.34 Å². The van der Waals surface area contributed by atoms with Crippen molar-refractivity contribution in [1.29, 1.82) is 0 Å². The molecule has 0 bridgehead atoms. The van der Waals surface area contributed by atoms with Crippen LogP contribution in [0.1, 0.15) is 13.8 Å². The second-order valence-corrected chi connectivity index (χ2v) is 2.85. The number of rotatable bonds is 4. The molecule has 0 N–H and O–H groups in total. The van der Waals surface area contributed by atoms with E-state index < -0.39 is 0 Å². The SMILES string of the molecule is C=C(C)/C=C\C(=NC=NC)C(=C)C. The minimum absolute atomic E-state index is 0.827. The maximum absolute atomic E-state index is 4.11. The second kappa shape index (κ2) is 6.12. The second-order valence-electron chi connectivity index (χ2n) is 2.85. The summed E-state index contributed by atoms with van der Waals surface area (Å²) >= 11 is 0. The molecule has 0 unspecified atom stereocenters. The molecule has 2 nitrogen and oxygen atoms in total. The van der Waals surface area contributed by atoms with Gasteiger partial charge in [0, 0.05) is 7.05 Å². The van der Waals surface area contributed by atoms with Gasteiger partial charge in [0.25, 0.3) is 0 Å². The standard InChI is InChI=1S/C11H16N2/c1-9(2)6-7-11(10(3)4)13-8-12-5/h6-8H,1,3H2,2,4-5H3/b7-6-,12-8?,13-11?.